The molecule has 11 nitrogen and oxygen atoms in total. The Hall–Kier alpha value is -2.54. The second kappa shape index (κ2) is 11.9. The Kier molecular flexibility index (Phi) is 9.22. The molecule has 0 saturated heterocycles. The van der Waals surface area contributed by atoms with Crippen LogP contribution in [0, 0.1) is 5.92 Å². The van der Waals surface area contributed by atoms with E-state index in [2.05, 4.69) is 10.3 Å². The molecule has 0 spiro atoms. The number of aliphatic hydroxyl groups excluding tert-OH is 1. The summed E-state index contributed by atoms with van der Waals surface area (Å²) in [5.41, 5.74) is 0.761. The number of sulfonamides is 1. The molecule has 35 heavy (non-hydrogen) atoms. The normalized spacial score (nSPS) is 21.2. The van der Waals surface area contributed by atoms with Crippen molar-refractivity contribution in [3.63, 3.8) is 0 Å². The second-order valence-electron chi connectivity index (χ2n) is 8.92. The highest BCUT2D eigenvalue weighted by Crippen LogP contribution is 2.22. The van der Waals surface area contributed by atoms with Crippen LogP contribution in [0.15, 0.2) is 35.4 Å². The van der Waals surface area contributed by atoms with Crippen molar-refractivity contribution >= 4 is 15.9 Å². The second-order valence-corrected chi connectivity index (χ2v) is 11.0. The van der Waals surface area contributed by atoms with Crippen molar-refractivity contribution in [2.75, 3.05) is 33.9 Å². The molecule has 0 fully saturated rings. The van der Waals surface area contributed by atoms with Gasteiger partial charge in [-0.15, -0.1) is 5.10 Å². The summed E-state index contributed by atoms with van der Waals surface area (Å²) in [5, 5.41) is 17.8. The quantitative estimate of drug-likeness (QED) is 0.589. The van der Waals surface area contributed by atoms with Crippen molar-refractivity contribution in [1.82, 2.24) is 24.2 Å². The van der Waals surface area contributed by atoms with Crippen LogP contribution in [0.3, 0.4) is 0 Å². The fourth-order valence-corrected chi connectivity index (χ4v) is 5.21. The van der Waals surface area contributed by atoms with E-state index in [9.17, 15) is 18.3 Å². The maximum atomic E-state index is 13.2. The maximum absolute atomic E-state index is 13.2. The number of aliphatic hydroxyl groups is 1. The summed E-state index contributed by atoms with van der Waals surface area (Å²) in [6.45, 7) is 4.68. The van der Waals surface area contributed by atoms with Gasteiger partial charge in [-0.1, -0.05) is 12.1 Å². The molecule has 2 heterocycles. The van der Waals surface area contributed by atoms with Crippen molar-refractivity contribution < 1.29 is 27.8 Å². The van der Waals surface area contributed by atoms with Gasteiger partial charge in [0.2, 0.25) is 15.9 Å². The molecule has 0 unspecified atom stereocenters. The number of ether oxygens (including phenoxy) is 2. The molecular weight excluding hydrogens is 474 g/mol. The van der Waals surface area contributed by atoms with Gasteiger partial charge in [-0.2, -0.15) is 4.31 Å². The van der Waals surface area contributed by atoms with E-state index in [1.807, 2.05) is 6.92 Å². The van der Waals surface area contributed by atoms with Gasteiger partial charge in [0, 0.05) is 39.0 Å². The number of methoxy groups -OCH3 is 1. The molecule has 0 radical (unpaired) electrons. The first-order valence-corrected chi connectivity index (χ1v) is 13.1. The summed E-state index contributed by atoms with van der Waals surface area (Å²) in [7, 11) is -0.755. The third-order valence-electron chi connectivity index (χ3n) is 6.34. The molecule has 1 aromatic heterocycles. The van der Waals surface area contributed by atoms with Gasteiger partial charge in [0.1, 0.15) is 5.75 Å². The van der Waals surface area contributed by atoms with Crippen LogP contribution in [0.25, 0.3) is 0 Å². The summed E-state index contributed by atoms with van der Waals surface area (Å²) in [5.74, 6) is 0.277. The van der Waals surface area contributed by atoms with Gasteiger partial charge in [-0.05, 0) is 37.6 Å². The highest BCUT2D eigenvalue weighted by atomic mass is 32.2. The van der Waals surface area contributed by atoms with Crippen LogP contribution in [-0.4, -0.2) is 89.6 Å². The minimum Gasteiger partial charge on any atom is -0.497 e. The fourth-order valence-electron chi connectivity index (χ4n) is 4.03. The third-order valence-corrected chi connectivity index (χ3v) is 8.18. The number of carbonyl (C=O) groups is 1. The summed E-state index contributed by atoms with van der Waals surface area (Å²) in [4.78, 5) is 14.8. The topological polar surface area (TPSA) is 127 Å². The average Bonchev–Trinajstić information content (AvgIpc) is 3.30. The lowest BCUT2D eigenvalue weighted by Gasteiger charge is -2.35. The van der Waals surface area contributed by atoms with Crippen molar-refractivity contribution in [3.8, 4) is 5.75 Å². The van der Waals surface area contributed by atoms with Crippen LogP contribution in [0.1, 0.15) is 32.4 Å². The SMILES string of the molecule is COc1ccc(S(=O)(=O)N(C)C[C@@H]2OCc3cnnn3CCCC(=O)N([C@@H](C)CO)C[C@@H]2C)cc1. The summed E-state index contributed by atoms with van der Waals surface area (Å²) in [6.07, 6.45) is 1.99. The molecule has 194 valence electrons. The number of carbonyl (C=O) groups excluding carboxylic acids is 1. The number of fused-ring (bicyclic) bond motifs is 1. The summed E-state index contributed by atoms with van der Waals surface area (Å²) in [6, 6.07) is 5.84. The molecule has 1 N–H and O–H groups in total. The zero-order chi connectivity index (χ0) is 25.6. The molecule has 3 rings (SSSR count). The Morgan fingerprint density at radius 2 is 2.03 bits per heavy atom. The predicted octanol–water partition coefficient (Wildman–Crippen LogP) is 1.13. The van der Waals surface area contributed by atoms with Crippen molar-refractivity contribution in [2.45, 2.75) is 56.9 Å². The van der Waals surface area contributed by atoms with E-state index in [4.69, 9.17) is 9.47 Å². The summed E-state index contributed by atoms with van der Waals surface area (Å²) >= 11 is 0. The number of aryl methyl sites for hydroxylation is 1. The molecule has 1 aliphatic rings. The molecule has 2 aromatic rings. The van der Waals surface area contributed by atoms with Crippen molar-refractivity contribution in [3.05, 3.63) is 36.2 Å². The molecule has 0 bridgehead atoms. The number of aromatic nitrogens is 3. The van der Waals surface area contributed by atoms with Crippen LogP contribution in [-0.2, 0) is 32.7 Å². The van der Waals surface area contributed by atoms with E-state index in [1.54, 1.807) is 34.8 Å². The van der Waals surface area contributed by atoms with E-state index >= 15 is 0 Å². The highest BCUT2D eigenvalue weighted by Gasteiger charge is 2.31. The van der Waals surface area contributed by atoms with Crippen LogP contribution in [0.5, 0.6) is 5.75 Å². The van der Waals surface area contributed by atoms with Gasteiger partial charge in [0.05, 0.1) is 49.3 Å². The average molecular weight is 510 g/mol. The van der Waals surface area contributed by atoms with Crippen molar-refractivity contribution in [1.29, 1.82) is 0 Å². The summed E-state index contributed by atoms with van der Waals surface area (Å²) < 4.78 is 40.8. The van der Waals surface area contributed by atoms with Gasteiger partial charge in [-0.3, -0.25) is 4.79 Å². The van der Waals surface area contributed by atoms with Crippen LogP contribution in [0.4, 0.5) is 0 Å². The van der Waals surface area contributed by atoms with Crippen LogP contribution in [0.2, 0.25) is 0 Å². The van der Waals surface area contributed by atoms with Gasteiger partial charge >= 0.3 is 0 Å². The standard InChI is InChI=1S/C23H35N5O6S/c1-17-13-27(18(2)15-29)23(30)6-5-11-28-19(12-24-25-28)16-34-22(17)14-26(3)35(31,32)21-9-7-20(33-4)8-10-21/h7-10,12,17-18,22,29H,5-6,11,13-16H2,1-4H3/t17-,18-,22-/m0/s1. The van der Waals surface area contributed by atoms with Gasteiger partial charge in [-0.25, -0.2) is 13.1 Å². The molecule has 0 saturated carbocycles. The van der Waals surface area contributed by atoms with E-state index in [0.717, 1.165) is 5.69 Å². The van der Waals surface area contributed by atoms with E-state index in [-0.39, 0.29) is 42.5 Å². The Morgan fingerprint density at radius 1 is 1.31 bits per heavy atom. The first kappa shape index (κ1) is 27.1. The number of hydrogen-bond acceptors (Lipinski definition) is 8. The number of likely N-dealkylation sites (N-methyl/N-ethyl adjacent to an activating group) is 1. The van der Waals surface area contributed by atoms with Crippen LogP contribution >= 0.6 is 0 Å². The molecule has 12 heteroatoms. The lowest BCUT2D eigenvalue weighted by molar-refractivity contribution is -0.136. The number of benzene rings is 1. The van der Waals surface area contributed by atoms with Crippen molar-refractivity contribution in [2.24, 2.45) is 5.92 Å². The minimum atomic E-state index is -3.78. The van der Waals surface area contributed by atoms with Crippen LogP contribution < -0.4 is 4.74 Å². The first-order valence-electron chi connectivity index (χ1n) is 11.7. The third kappa shape index (κ3) is 6.57. The van der Waals surface area contributed by atoms with E-state index in [0.29, 0.717) is 31.7 Å². The largest absolute Gasteiger partial charge is 0.497 e. The Labute approximate surface area is 206 Å². The van der Waals surface area contributed by atoms with Gasteiger partial charge < -0.3 is 19.5 Å². The maximum Gasteiger partial charge on any atom is 0.242 e. The number of amides is 1. The number of hydrogen-bond donors (Lipinski definition) is 1. The monoisotopic (exact) mass is 509 g/mol. The Bertz CT molecular complexity index is 1070. The number of rotatable bonds is 7. The molecule has 1 aliphatic heterocycles. The zero-order valence-electron chi connectivity index (χ0n) is 20.7. The molecule has 3 atom stereocenters. The van der Waals surface area contributed by atoms with E-state index < -0.39 is 16.1 Å². The zero-order valence-corrected chi connectivity index (χ0v) is 21.5. The minimum absolute atomic E-state index is 0.0707. The molecule has 1 amide bonds. The highest BCUT2D eigenvalue weighted by molar-refractivity contribution is 7.89. The van der Waals surface area contributed by atoms with E-state index in [1.165, 1.54) is 30.6 Å². The number of nitrogens with zero attached hydrogens (tertiary/aromatic N) is 5. The lowest BCUT2D eigenvalue weighted by atomic mass is 10.0. The smallest absolute Gasteiger partial charge is 0.242 e. The van der Waals surface area contributed by atoms with Gasteiger partial charge in [0.25, 0.3) is 0 Å². The van der Waals surface area contributed by atoms with Gasteiger partial charge in [0.15, 0.2) is 0 Å². The Morgan fingerprint density at radius 3 is 2.69 bits per heavy atom. The Balaban J connectivity index is 1.86. The molecular formula is C23H35N5O6S. The molecule has 1 aromatic carbocycles. The predicted molar refractivity (Wildman–Crippen MR) is 128 cm³/mol. The molecule has 0 aliphatic carbocycles. The fraction of sp³-hybridized carbons (Fsp3) is 0.609. The first-order chi connectivity index (χ1) is 16.7. The lowest BCUT2D eigenvalue weighted by Crippen LogP contribution is -2.47.